The molecule has 6 nitrogen and oxygen atoms in total. The lowest BCUT2D eigenvalue weighted by atomic mass is 10.2. The third-order valence-corrected chi connectivity index (χ3v) is 3.22. The van der Waals surface area contributed by atoms with Gasteiger partial charge in [-0.1, -0.05) is 22.9 Å². The van der Waals surface area contributed by atoms with Crippen LogP contribution in [0, 0.1) is 6.92 Å². The van der Waals surface area contributed by atoms with Gasteiger partial charge in [0.25, 0.3) is 0 Å². The number of hydrogen-bond acceptors (Lipinski definition) is 5. The van der Waals surface area contributed by atoms with Gasteiger partial charge in [0.15, 0.2) is 16.3 Å². The standard InChI is InChI=1S/C13H13ClN6/c1-8-15-12(14)11-13(16-8)20(18-17-11)10-6-4-5-9(7-10)19(2)3/h4-7H,1-3H3. The summed E-state index contributed by atoms with van der Waals surface area (Å²) in [5, 5.41) is 8.50. The monoisotopic (exact) mass is 288 g/mol. The summed E-state index contributed by atoms with van der Waals surface area (Å²) in [7, 11) is 3.98. The van der Waals surface area contributed by atoms with Crippen molar-refractivity contribution in [3.05, 3.63) is 35.2 Å². The summed E-state index contributed by atoms with van der Waals surface area (Å²) in [5.41, 5.74) is 3.07. The molecule has 0 radical (unpaired) electrons. The Morgan fingerprint density at radius 3 is 2.75 bits per heavy atom. The van der Waals surface area contributed by atoms with Crippen molar-refractivity contribution in [2.45, 2.75) is 6.92 Å². The van der Waals surface area contributed by atoms with Crippen LogP contribution in [-0.2, 0) is 0 Å². The van der Waals surface area contributed by atoms with Gasteiger partial charge in [-0.15, -0.1) is 5.10 Å². The highest BCUT2D eigenvalue weighted by Gasteiger charge is 2.13. The summed E-state index contributed by atoms with van der Waals surface area (Å²) in [6.07, 6.45) is 0. The predicted molar refractivity (Wildman–Crippen MR) is 78.5 cm³/mol. The Kier molecular flexibility index (Phi) is 3.02. The lowest BCUT2D eigenvalue weighted by Gasteiger charge is -2.13. The third kappa shape index (κ3) is 2.08. The summed E-state index contributed by atoms with van der Waals surface area (Å²) in [6, 6.07) is 7.95. The first kappa shape index (κ1) is 12.8. The van der Waals surface area contributed by atoms with Crippen molar-refractivity contribution in [3.8, 4) is 5.69 Å². The van der Waals surface area contributed by atoms with E-state index in [1.165, 1.54) is 0 Å². The molecule has 1 aromatic carbocycles. The molecule has 3 aromatic rings. The largest absolute Gasteiger partial charge is 0.378 e. The molecule has 0 aliphatic carbocycles. The van der Waals surface area contributed by atoms with E-state index in [-0.39, 0.29) is 0 Å². The number of rotatable bonds is 2. The second-order valence-corrected chi connectivity index (χ2v) is 5.01. The Hall–Kier alpha value is -2.21. The maximum Gasteiger partial charge on any atom is 0.188 e. The zero-order valence-corrected chi connectivity index (χ0v) is 12.1. The van der Waals surface area contributed by atoms with Crippen molar-refractivity contribution in [2.75, 3.05) is 19.0 Å². The van der Waals surface area contributed by atoms with Crippen LogP contribution in [0.2, 0.25) is 5.15 Å². The topological polar surface area (TPSA) is 59.7 Å². The molecule has 2 aromatic heterocycles. The van der Waals surface area contributed by atoms with Gasteiger partial charge in [-0.2, -0.15) is 4.68 Å². The fourth-order valence-corrected chi connectivity index (χ4v) is 2.21. The number of aromatic nitrogens is 5. The second kappa shape index (κ2) is 4.72. The zero-order chi connectivity index (χ0) is 14.3. The van der Waals surface area contributed by atoms with Gasteiger partial charge in [0.1, 0.15) is 5.82 Å². The number of nitrogens with zero attached hydrogens (tertiary/aromatic N) is 6. The van der Waals surface area contributed by atoms with Crippen LogP contribution in [0.25, 0.3) is 16.9 Å². The fraction of sp³-hybridized carbons (Fsp3) is 0.231. The predicted octanol–water partition coefficient (Wildman–Crippen LogP) is 2.24. The molecular formula is C13H13ClN6. The lowest BCUT2D eigenvalue weighted by Crippen LogP contribution is -2.09. The molecule has 102 valence electrons. The number of anilines is 1. The molecule has 0 saturated heterocycles. The summed E-state index contributed by atoms with van der Waals surface area (Å²) in [5.74, 6) is 0.592. The first-order chi connectivity index (χ1) is 9.56. The second-order valence-electron chi connectivity index (χ2n) is 4.65. The van der Waals surface area contributed by atoms with Gasteiger partial charge in [-0.05, 0) is 25.1 Å². The van der Waals surface area contributed by atoms with Crippen LogP contribution >= 0.6 is 11.6 Å². The van der Waals surface area contributed by atoms with Crippen LogP contribution in [0.1, 0.15) is 5.82 Å². The Morgan fingerprint density at radius 2 is 2.00 bits per heavy atom. The maximum absolute atomic E-state index is 6.07. The highest BCUT2D eigenvalue weighted by atomic mass is 35.5. The normalized spacial score (nSPS) is 11.0. The minimum absolute atomic E-state index is 0.322. The minimum atomic E-state index is 0.322. The average Bonchev–Trinajstić information content (AvgIpc) is 2.82. The van der Waals surface area contributed by atoms with E-state index in [1.54, 1.807) is 11.6 Å². The molecule has 0 unspecified atom stereocenters. The average molecular weight is 289 g/mol. The third-order valence-electron chi connectivity index (χ3n) is 2.96. The van der Waals surface area contributed by atoms with E-state index in [0.29, 0.717) is 22.1 Å². The molecule has 0 N–H and O–H groups in total. The van der Waals surface area contributed by atoms with Gasteiger partial charge >= 0.3 is 0 Å². The van der Waals surface area contributed by atoms with Gasteiger partial charge < -0.3 is 4.90 Å². The van der Waals surface area contributed by atoms with Gasteiger partial charge in [-0.3, -0.25) is 0 Å². The molecule has 20 heavy (non-hydrogen) atoms. The van der Waals surface area contributed by atoms with Crippen molar-refractivity contribution in [3.63, 3.8) is 0 Å². The number of halogens is 1. The quantitative estimate of drug-likeness (QED) is 0.677. The van der Waals surface area contributed by atoms with Crippen molar-refractivity contribution in [1.82, 2.24) is 25.0 Å². The summed E-state index contributed by atoms with van der Waals surface area (Å²) in [4.78, 5) is 10.5. The van der Waals surface area contributed by atoms with E-state index in [4.69, 9.17) is 11.6 Å². The van der Waals surface area contributed by atoms with E-state index < -0.39 is 0 Å². The molecule has 0 atom stereocenters. The SMILES string of the molecule is Cc1nc(Cl)c2nnn(-c3cccc(N(C)C)c3)c2n1. The highest BCUT2D eigenvalue weighted by Crippen LogP contribution is 2.22. The van der Waals surface area contributed by atoms with E-state index in [9.17, 15) is 0 Å². The summed E-state index contributed by atoms with van der Waals surface area (Å²) < 4.78 is 1.67. The number of benzene rings is 1. The van der Waals surface area contributed by atoms with Gasteiger partial charge in [0, 0.05) is 19.8 Å². The van der Waals surface area contributed by atoms with Crippen LogP contribution in [0.3, 0.4) is 0 Å². The zero-order valence-electron chi connectivity index (χ0n) is 11.4. The molecule has 0 saturated carbocycles. The van der Waals surface area contributed by atoms with Crippen LogP contribution in [0.4, 0.5) is 5.69 Å². The van der Waals surface area contributed by atoms with E-state index in [0.717, 1.165) is 11.4 Å². The van der Waals surface area contributed by atoms with E-state index >= 15 is 0 Å². The van der Waals surface area contributed by atoms with Crippen molar-refractivity contribution >= 4 is 28.5 Å². The van der Waals surface area contributed by atoms with E-state index in [2.05, 4.69) is 20.3 Å². The number of fused-ring (bicyclic) bond motifs is 1. The van der Waals surface area contributed by atoms with Crippen LogP contribution in [0.5, 0.6) is 0 Å². The summed E-state index contributed by atoms with van der Waals surface area (Å²) in [6.45, 7) is 1.79. The molecule has 0 aliphatic rings. The van der Waals surface area contributed by atoms with Crippen LogP contribution in [0.15, 0.2) is 24.3 Å². The Labute approximate surface area is 121 Å². The highest BCUT2D eigenvalue weighted by molar-refractivity contribution is 6.33. The van der Waals surface area contributed by atoms with E-state index in [1.807, 2.05) is 43.3 Å². The molecular weight excluding hydrogens is 276 g/mol. The molecule has 0 bridgehead atoms. The first-order valence-corrected chi connectivity index (χ1v) is 6.47. The first-order valence-electron chi connectivity index (χ1n) is 6.09. The molecule has 0 fully saturated rings. The van der Waals surface area contributed by atoms with Crippen LogP contribution in [-0.4, -0.2) is 39.1 Å². The fourth-order valence-electron chi connectivity index (χ4n) is 1.96. The molecule has 7 heteroatoms. The molecule has 2 heterocycles. The Balaban J connectivity index is 2.22. The molecule has 0 amide bonds. The Morgan fingerprint density at radius 1 is 1.20 bits per heavy atom. The molecule has 0 aliphatic heterocycles. The van der Waals surface area contributed by atoms with Crippen molar-refractivity contribution in [2.24, 2.45) is 0 Å². The van der Waals surface area contributed by atoms with Crippen LogP contribution < -0.4 is 4.90 Å². The number of aryl methyl sites for hydroxylation is 1. The Bertz CT molecular complexity index is 780. The number of hydrogen-bond donors (Lipinski definition) is 0. The van der Waals surface area contributed by atoms with Crippen molar-refractivity contribution < 1.29 is 0 Å². The summed E-state index contributed by atoms with van der Waals surface area (Å²) >= 11 is 6.07. The lowest BCUT2D eigenvalue weighted by molar-refractivity contribution is 0.815. The smallest absolute Gasteiger partial charge is 0.188 e. The minimum Gasteiger partial charge on any atom is -0.378 e. The maximum atomic E-state index is 6.07. The van der Waals surface area contributed by atoms with Crippen molar-refractivity contribution in [1.29, 1.82) is 0 Å². The van der Waals surface area contributed by atoms with Gasteiger partial charge in [0.05, 0.1) is 5.69 Å². The molecule has 3 rings (SSSR count). The molecule has 0 spiro atoms. The van der Waals surface area contributed by atoms with Gasteiger partial charge in [-0.25, -0.2) is 9.97 Å². The van der Waals surface area contributed by atoms with Gasteiger partial charge in [0.2, 0.25) is 0 Å².